The van der Waals surface area contributed by atoms with E-state index in [4.69, 9.17) is 0 Å². The molecule has 11 heavy (non-hydrogen) atoms. The van der Waals surface area contributed by atoms with Crippen LogP contribution in [0.1, 0.15) is 6.42 Å². The Morgan fingerprint density at radius 2 is 1.82 bits per heavy atom. The molecule has 0 atom stereocenters. The molecule has 0 saturated heterocycles. The lowest BCUT2D eigenvalue weighted by atomic mass is 10.1. The zero-order valence-corrected chi connectivity index (χ0v) is 6.53. The van der Waals surface area contributed by atoms with Gasteiger partial charge >= 0.3 is 0 Å². The van der Waals surface area contributed by atoms with Crippen molar-refractivity contribution in [3.63, 3.8) is 0 Å². The average Bonchev–Trinajstić information content (AvgIpc) is 1.94. The summed E-state index contributed by atoms with van der Waals surface area (Å²) in [6.45, 7) is 3.69. The normalized spacial score (nSPS) is 21.3. The van der Waals surface area contributed by atoms with Gasteiger partial charge in [0.05, 0.1) is 0 Å². The van der Waals surface area contributed by atoms with E-state index < -0.39 is 0 Å². The summed E-state index contributed by atoms with van der Waals surface area (Å²) < 4.78 is 0. The Labute approximate surface area is 67.9 Å². The number of hydrogen-bond acceptors (Lipinski definition) is 0. The van der Waals surface area contributed by atoms with Gasteiger partial charge in [-0.2, -0.15) is 0 Å². The Balaban J connectivity index is 2.69. The smallest absolute Gasteiger partial charge is 0.0100 e. The standard InChI is InChI=1S/C11H12/c1-2-8-11-9-6-4-3-5-7-10-11/h2-7,9-10H,1,8H2/b4-3-,5-3?,6-4?,7-5-,9-6?,10-7?,11-9?,11-10?. The van der Waals surface area contributed by atoms with E-state index in [1.54, 1.807) is 0 Å². The minimum atomic E-state index is 0.939. The quantitative estimate of drug-likeness (QED) is 0.522. The summed E-state index contributed by atoms with van der Waals surface area (Å²) in [4.78, 5) is 0. The van der Waals surface area contributed by atoms with Crippen LogP contribution in [0.25, 0.3) is 0 Å². The highest BCUT2D eigenvalue weighted by Gasteiger charge is 1.85. The molecule has 1 rings (SSSR count). The molecule has 0 nitrogen and oxygen atoms in total. The Hall–Kier alpha value is -1.30. The molecule has 0 aromatic carbocycles. The van der Waals surface area contributed by atoms with Crippen LogP contribution in [0.5, 0.6) is 0 Å². The van der Waals surface area contributed by atoms with Crippen molar-refractivity contribution in [2.24, 2.45) is 0 Å². The summed E-state index contributed by atoms with van der Waals surface area (Å²) in [6, 6.07) is 0. The van der Waals surface area contributed by atoms with Crippen molar-refractivity contribution in [1.82, 2.24) is 0 Å². The molecule has 0 unspecified atom stereocenters. The van der Waals surface area contributed by atoms with Gasteiger partial charge in [0.2, 0.25) is 0 Å². The van der Waals surface area contributed by atoms with Crippen LogP contribution in [0.2, 0.25) is 0 Å². The van der Waals surface area contributed by atoms with Crippen LogP contribution in [-0.2, 0) is 0 Å². The minimum absolute atomic E-state index is 0.939. The van der Waals surface area contributed by atoms with Crippen LogP contribution < -0.4 is 0 Å². The SMILES string of the molecule is C=CCC1=C/C=C\C=C/C=C1. The van der Waals surface area contributed by atoms with Crippen molar-refractivity contribution in [2.75, 3.05) is 0 Å². The summed E-state index contributed by atoms with van der Waals surface area (Å²) in [5.74, 6) is 0. The van der Waals surface area contributed by atoms with Crippen molar-refractivity contribution >= 4 is 0 Å². The number of hydrogen-bond donors (Lipinski definition) is 0. The van der Waals surface area contributed by atoms with E-state index >= 15 is 0 Å². The Bertz CT molecular complexity index is 237. The molecule has 0 saturated carbocycles. The van der Waals surface area contributed by atoms with Crippen LogP contribution in [0.15, 0.2) is 60.8 Å². The van der Waals surface area contributed by atoms with Gasteiger partial charge in [0.15, 0.2) is 0 Å². The van der Waals surface area contributed by atoms with Gasteiger partial charge in [-0.15, -0.1) is 6.58 Å². The van der Waals surface area contributed by atoms with Crippen LogP contribution in [-0.4, -0.2) is 0 Å². The van der Waals surface area contributed by atoms with Gasteiger partial charge in [-0.25, -0.2) is 0 Å². The molecule has 0 heteroatoms. The number of allylic oxidation sites excluding steroid dienone is 9. The molecule has 1 aliphatic carbocycles. The first-order valence-corrected chi connectivity index (χ1v) is 3.75. The first-order valence-electron chi connectivity index (χ1n) is 3.75. The zero-order chi connectivity index (χ0) is 7.94. The molecule has 0 aromatic rings. The second-order valence-corrected chi connectivity index (χ2v) is 2.36. The predicted octanol–water partition coefficient (Wildman–Crippen LogP) is 3.17. The summed E-state index contributed by atoms with van der Waals surface area (Å²) in [5, 5.41) is 0. The van der Waals surface area contributed by atoms with Crippen molar-refractivity contribution in [2.45, 2.75) is 6.42 Å². The van der Waals surface area contributed by atoms with Crippen LogP contribution >= 0.6 is 0 Å². The van der Waals surface area contributed by atoms with Gasteiger partial charge in [-0.3, -0.25) is 0 Å². The molecule has 0 aromatic heterocycles. The fraction of sp³-hybridized carbons (Fsp3) is 0.0909. The Morgan fingerprint density at radius 1 is 1.09 bits per heavy atom. The van der Waals surface area contributed by atoms with E-state index in [-0.39, 0.29) is 0 Å². The third kappa shape index (κ3) is 2.85. The fourth-order valence-corrected chi connectivity index (χ4v) is 0.909. The third-order valence-corrected chi connectivity index (χ3v) is 1.45. The molecule has 0 fully saturated rings. The van der Waals surface area contributed by atoms with Crippen molar-refractivity contribution in [1.29, 1.82) is 0 Å². The highest BCUT2D eigenvalue weighted by Crippen LogP contribution is 2.06. The molecule has 0 spiro atoms. The first-order chi connectivity index (χ1) is 5.43. The number of rotatable bonds is 2. The lowest BCUT2D eigenvalue weighted by Gasteiger charge is -1.94. The Morgan fingerprint density at radius 3 is 2.64 bits per heavy atom. The molecule has 56 valence electrons. The van der Waals surface area contributed by atoms with Gasteiger partial charge in [-0.05, 0) is 12.0 Å². The van der Waals surface area contributed by atoms with E-state index in [9.17, 15) is 0 Å². The Kier molecular flexibility index (Phi) is 3.20. The molecule has 0 heterocycles. The van der Waals surface area contributed by atoms with Crippen molar-refractivity contribution in [3.8, 4) is 0 Å². The van der Waals surface area contributed by atoms with Crippen LogP contribution in [0, 0.1) is 0 Å². The molecule has 1 aliphatic rings. The molecule has 0 amide bonds. The third-order valence-electron chi connectivity index (χ3n) is 1.45. The van der Waals surface area contributed by atoms with Crippen molar-refractivity contribution < 1.29 is 0 Å². The maximum atomic E-state index is 3.69. The summed E-state index contributed by atoms with van der Waals surface area (Å²) in [7, 11) is 0. The lowest BCUT2D eigenvalue weighted by Crippen LogP contribution is -1.74. The van der Waals surface area contributed by atoms with Gasteiger partial charge in [0.25, 0.3) is 0 Å². The maximum absolute atomic E-state index is 3.69. The summed E-state index contributed by atoms with van der Waals surface area (Å²) in [6.07, 6.45) is 17.2. The fourth-order valence-electron chi connectivity index (χ4n) is 0.909. The lowest BCUT2D eigenvalue weighted by molar-refractivity contribution is 1.29. The van der Waals surface area contributed by atoms with Crippen molar-refractivity contribution in [3.05, 3.63) is 60.8 Å². The van der Waals surface area contributed by atoms with Gasteiger partial charge in [-0.1, -0.05) is 48.6 Å². The summed E-state index contributed by atoms with van der Waals surface area (Å²) >= 11 is 0. The monoisotopic (exact) mass is 144 g/mol. The largest absolute Gasteiger partial charge is 0.103 e. The highest BCUT2D eigenvalue weighted by atomic mass is 13.9. The molecular formula is C11H12. The van der Waals surface area contributed by atoms with E-state index in [0.29, 0.717) is 0 Å². The molecule has 0 bridgehead atoms. The first kappa shape index (κ1) is 7.80. The van der Waals surface area contributed by atoms with Gasteiger partial charge in [0, 0.05) is 0 Å². The molecule has 0 N–H and O–H groups in total. The van der Waals surface area contributed by atoms with E-state index in [1.165, 1.54) is 5.57 Å². The van der Waals surface area contributed by atoms with E-state index in [0.717, 1.165) is 6.42 Å². The minimum Gasteiger partial charge on any atom is -0.103 e. The predicted molar refractivity (Wildman–Crippen MR) is 50.3 cm³/mol. The molecule has 0 radical (unpaired) electrons. The highest BCUT2D eigenvalue weighted by molar-refractivity contribution is 5.31. The zero-order valence-electron chi connectivity index (χ0n) is 6.53. The van der Waals surface area contributed by atoms with Crippen LogP contribution in [0.3, 0.4) is 0 Å². The van der Waals surface area contributed by atoms with E-state index in [2.05, 4.69) is 18.7 Å². The topological polar surface area (TPSA) is 0 Å². The van der Waals surface area contributed by atoms with Gasteiger partial charge < -0.3 is 0 Å². The molecular weight excluding hydrogens is 132 g/mol. The van der Waals surface area contributed by atoms with Gasteiger partial charge in [0.1, 0.15) is 0 Å². The average molecular weight is 144 g/mol. The second kappa shape index (κ2) is 4.51. The summed E-state index contributed by atoms with van der Waals surface area (Å²) in [5.41, 5.74) is 1.29. The van der Waals surface area contributed by atoms with Crippen LogP contribution in [0.4, 0.5) is 0 Å². The maximum Gasteiger partial charge on any atom is -0.0100 e. The molecule has 0 aliphatic heterocycles. The second-order valence-electron chi connectivity index (χ2n) is 2.36. The van der Waals surface area contributed by atoms with E-state index in [1.807, 2.05) is 36.5 Å².